The maximum Gasteiger partial charge on any atom is 0.336 e. The van der Waals surface area contributed by atoms with Crippen LogP contribution in [0.3, 0.4) is 0 Å². The van der Waals surface area contributed by atoms with Gasteiger partial charge in [-0.2, -0.15) is 5.26 Å². The minimum atomic E-state index is -0.979. The predicted octanol–water partition coefficient (Wildman–Crippen LogP) is 3.06. The van der Waals surface area contributed by atoms with E-state index in [2.05, 4.69) is 9.97 Å². The van der Waals surface area contributed by atoms with Crippen LogP contribution < -0.4 is 0 Å². The molecule has 0 radical (unpaired) electrons. The molecule has 0 bridgehead atoms. The molecule has 1 heterocycles. The molecule has 108 valence electrons. The summed E-state index contributed by atoms with van der Waals surface area (Å²) < 4.78 is 0. The Kier molecular flexibility index (Phi) is 4.78. The van der Waals surface area contributed by atoms with Gasteiger partial charge in [-0.05, 0) is 24.1 Å². The smallest absolute Gasteiger partial charge is 0.336 e. The molecule has 0 amide bonds. The number of allylic oxidation sites excluding steroid dienone is 3. The van der Waals surface area contributed by atoms with Crippen LogP contribution >= 0.6 is 0 Å². The highest BCUT2D eigenvalue weighted by Gasteiger charge is 2.09. The van der Waals surface area contributed by atoms with E-state index in [0.717, 1.165) is 11.1 Å². The van der Waals surface area contributed by atoms with Gasteiger partial charge in [-0.25, -0.2) is 14.8 Å². The van der Waals surface area contributed by atoms with E-state index in [1.54, 1.807) is 54.9 Å². The minimum Gasteiger partial charge on any atom is -0.478 e. The number of aliphatic carboxylic acids is 1. The Balaban J connectivity index is 2.33. The van der Waals surface area contributed by atoms with Gasteiger partial charge in [0, 0.05) is 18.0 Å². The molecular weight excluding hydrogens is 278 g/mol. The van der Waals surface area contributed by atoms with E-state index in [1.807, 2.05) is 13.0 Å². The Hall–Kier alpha value is -3.26. The zero-order chi connectivity index (χ0) is 15.9. The van der Waals surface area contributed by atoms with E-state index in [0.29, 0.717) is 5.56 Å². The fourth-order valence-corrected chi connectivity index (χ4v) is 1.86. The van der Waals surface area contributed by atoms with Gasteiger partial charge in [0.15, 0.2) is 0 Å². The molecule has 0 atom stereocenters. The van der Waals surface area contributed by atoms with Crippen molar-refractivity contribution in [2.24, 2.45) is 0 Å². The van der Waals surface area contributed by atoms with Crippen LogP contribution in [0, 0.1) is 11.3 Å². The number of benzene rings is 1. The van der Waals surface area contributed by atoms with Gasteiger partial charge in [0.05, 0.1) is 5.57 Å². The SMILES string of the molecule is C/C=C/C=C(/C(=O)O)c1ccc(-c2cnc(C#N)nc2)cc1. The molecule has 0 fully saturated rings. The van der Waals surface area contributed by atoms with Crippen LogP contribution in [0.5, 0.6) is 0 Å². The molecule has 0 aliphatic carbocycles. The molecule has 2 rings (SSSR count). The maximum atomic E-state index is 11.3. The normalized spacial score (nSPS) is 11.4. The summed E-state index contributed by atoms with van der Waals surface area (Å²) in [7, 11) is 0. The molecular formula is C17H13N3O2. The zero-order valence-electron chi connectivity index (χ0n) is 11.9. The average molecular weight is 291 g/mol. The summed E-state index contributed by atoms with van der Waals surface area (Å²) in [5, 5.41) is 17.9. The largest absolute Gasteiger partial charge is 0.478 e. The number of carboxylic acid groups (broad SMARTS) is 1. The van der Waals surface area contributed by atoms with Crippen molar-refractivity contribution in [2.75, 3.05) is 0 Å². The molecule has 2 aromatic rings. The zero-order valence-corrected chi connectivity index (χ0v) is 11.9. The number of nitrogens with zero attached hydrogens (tertiary/aromatic N) is 3. The van der Waals surface area contributed by atoms with Crippen molar-refractivity contribution in [1.82, 2.24) is 9.97 Å². The molecule has 0 aliphatic rings. The van der Waals surface area contributed by atoms with Crippen LogP contribution in [0.15, 0.2) is 54.9 Å². The lowest BCUT2D eigenvalue weighted by atomic mass is 10.0. The first-order valence-electron chi connectivity index (χ1n) is 6.55. The Morgan fingerprint density at radius 3 is 2.32 bits per heavy atom. The first kappa shape index (κ1) is 15.1. The Labute approximate surface area is 127 Å². The summed E-state index contributed by atoms with van der Waals surface area (Å²) in [5.41, 5.74) is 2.45. The first-order valence-corrected chi connectivity index (χ1v) is 6.55. The minimum absolute atomic E-state index is 0.114. The van der Waals surface area contributed by atoms with E-state index in [9.17, 15) is 9.90 Å². The number of carbonyl (C=O) groups is 1. The van der Waals surface area contributed by atoms with Crippen LogP contribution in [0.1, 0.15) is 18.3 Å². The number of nitriles is 1. The number of hydrogen-bond acceptors (Lipinski definition) is 4. The van der Waals surface area contributed by atoms with Crippen molar-refractivity contribution in [1.29, 1.82) is 5.26 Å². The van der Waals surface area contributed by atoms with Crippen molar-refractivity contribution >= 4 is 11.5 Å². The van der Waals surface area contributed by atoms with Gasteiger partial charge >= 0.3 is 5.97 Å². The lowest BCUT2D eigenvalue weighted by molar-refractivity contribution is -0.130. The molecule has 0 unspecified atom stereocenters. The summed E-state index contributed by atoms with van der Waals surface area (Å²) in [6, 6.07) is 8.92. The van der Waals surface area contributed by atoms with Crippen molar-refractivity contribution in [3.63, 3.8) is 0 Å². The van der Waals surface area contributed by atoms with Gasteiger partial charge in [-0.15, -0.1) is 0 Å². The number of carboxylic acids is 1. The van der Waals surface area contributed by atoms with Gasteiger partial charge < -0.3 is 5.11 Å². The molecule has 0 spiro atoms. The first-order chi connectivity index (χ1) is 10.7. The highest BCUT2D eigenvalue weighted by atomic mass is 16.4. The lowest BCUT2D eigenvalue weighted by Crippen LogP contribution is -1.99. The molecule has 1 aromatic carbocycles. The van der Waals surface area contributed by atoms with Crippen LogP contribution in [-0.2, 0) is 4.79 Å². The van der Waals surface area contributed by atoms with E-state index >= 15 is 0 Å². The summed E-state index contributed by atoms with van der Waals surface area (Å²) in [6.07, 6.45) is 8.14. The fourth-order valence-electron chi connectivity index (χ4n) is 1.86. The van der Waals surface area contributed by atoms with Crippen molar-refractivity contribution < 1.29 is 9.90 Å². The van der Waals surface area contributed by atoms with Crippen molar-refractivity contribution in [2.45, 2.75) is 6.92 Å². The molecule has 1 aromatic heterocycles. The van der Waals surface area contributed by atoms with Gasteiger partial charge in [0.25, 0.3) is 0 Å². The van der Waals surface area contributed by atoms with Gasteiger partial charge in [-0.3, -0.25) is 0 Å². The predicted molar refractivity (Wildman–Crippen MR) is 82.6 cm³/mol. The fraction of sp³-hybridized carbons (Fsp3) is 0.0588. The molecule has 0 saturated heterocycles. The molecule has 1 N–H and O–H groups in total. The Morgan fingerprint density at radius 2 is 1.82 bits per heavy atom. The van der Waals surface area contributed by atoms with E-state index in [1.165, 1.54) is 0 Å². The van der Waals surface area contributed by atoms with Crippen molar-refractivity contribution in [3.05, 3.63) is 66.3 Å². The van der Waals surface area contributed by atoms with Crippen LogP contribution in [0.4, 0.5) is 0 Å². The quantitative estimate of drug-likeness (QED) is 0.691. The number of rotatable bonds is 4. The van der Waals surface area contributed by atoms with Gasteiger partial charge in [0.1, 0.15) is 6.07 Å². The summed E-state index contributed by atoms with van der Waals surface area (Å²) >= 11 is 0. The average Bonchev–Trinajstić information content (AvgIpc) is 2.55. The van der Waals surface area contributed by atoms with E-state index in [4.69, 9.17) is 5.26 Å². The third kappa shape index (κ3) is 3.44. The number of hydrogen-bond donors (Lipinski definition) is 1. The second-order valence-corrected chi connectivity index (χ2v) is 4.40. The van der Waals surface area contributed by atoms with Crippen LogP contribution in [0.2, 0.25) is 0 Å². The molecule has 0 aliphatic heterocycles. The summed E-state index contributed by atoms with van der Waals surface area (Å²) in [4.78, 5) is 19.1. The second-order valence-electron chi connectivity index (χ2n) is 4.40. The standard InChI is InChI=1S/C17H13N3O2/c1-2-3-4-15(17(21)22)13-7-5-12(6-8-13)14-10-19-16(9-18)20-11-14/h2-8,10-11H,1H3,(H,21,22)/b3-2+,15-4+. The highest BCUT2D eigenvalue weighted by molar-refractivity contribution is 6.15. The summed E-state index contributed by atoms with van der Waals surface area (Å²) in [5.74, 6) is -0.865. The highest BCUT2D eigenvalue weighted by Crippen LogP contribution is 2.22. The number of aromatic nitrogens is 2. The monoisotopic (exact) mass is 291 g/mol. The maximum absolute atomic E-state index is 11.3. The van der Waals surface area contributed by atoms with E-state index in [-0.39, 0.29) is 11.4 Å². The third-order valence-corrected chi connectivity index (χ3v) is 2.97. The van der Waals surface area contributed by atoms with Crippen molar-refractivity contribution in [3.8, 4) is 17.2 Å². The molecule has 5 nitrogen and oxygen atoms in total. The molecule has 5 heteroatoms. The van der Waals surface area contributed by atoms with Gasteiger partial charge in [-0.1, -0.05) is 36.4 Å². The van der Waals surface area contributed by atoms with Crippen LogP contribution in [0.25, 0.3) is 16.7 Å². The molecule has 22 heavy (non-hydrogen) atoms. The lowest BCUT2D eigenvalue weighted by Gasteiger charge is -2.05. The Bertz CT molecular complexity index is 767. The summed E-state index contributed by atoms with van der Waals surface area (Å²) in [6.45, 7) is 1.82. The second kappa shape index (κ2) is 6.95. The molecule has 0 saturated carbocycles. The third-order valence-electron chi connectivity index (χ3n) is 2.97. The van der Waals surface area contributed by atoms with Crippen LogP contribution in [-0.4, -0.2) is 21.0 Å². The van der Waals surface area contributed by atoms with Gasteiger partial charge in [0.2, 0.25) is 5.82 Å². The topological polar surface area (TPSA) is 86.9 Å². The Morgan fingerprint density at radius 1 is 1.18 bits per heavy atom. The van der Waals surface area contributed by atoms with E-state index < -0.39 is 5.97 Å².